The molecule has 0 saturated carbocycles. The average molecular weight is 354 g/mol. The highest BCUT2D eigenvalue weighted by atomic mass is 16.5. The summed E-state index contributed by atoms with van der Waals surface area (Å²) in [5.41, 5.74) is 1.85. The second-order valence-corrected chi connectivity index (χ2v) is 5.38. The molecule has 6 nitrogen and oxygen atoms in total. The van der Waals surface area contributed by atoms with Crippen LogP contribution in [-0.2, 0) is 4.79 Å². The van der Waals surface area contributed by atoms with E-state index in [1.165, 1.54) is 6.08 Å². The van der Waals surface area contributed by atoms with Crippen LogP contribution in [0.3, 0.4) is 0 Å². The number of hydrogen-bond donors (Lipinski definition) is 2. The molecule has 2 rings (SSSR count). The molecule has 2 amide bonds. The maximum atomic E-state index is 12.1. The van der Waals surface area contributed by atoms with Gasteiger partial charge < -0.3 is 20.1 Å². The first-order valence-electron chi connectivity index (χ1n) is 8.16. The zero-order valence-corrected chi connectivity index (χ0v) is 15.0. The molecule has 6 heteroatoms. The fourth-order valence-electron chi connectivity index (χ4n) is 2.31. The van der Waals surface area contributed by atoms with Crippen molar-refractivity contribution in [1.82, 2.24) is 5.32 Å². The lowest BCUT2D eigenvalue weighted by Gasteiger charge is -2.08. The molecule has 0 heterocycles. The van der Waals surface area contributed by atoms with Crippen LogP contribution in [-0.4, -0.2) is 32.6 Å². The summed E-state index contributed by atoms with van der Waals surface area (Å²) in [6.45, 7) is 2.39. The van der Waals surface area contributed by atoms with Crippen LogP contribution in [0.4, 0.5) is 5.69 Å². The number of anilines is 1. The van der Waals surface area contributed by atoms with E-state index in [2.05, 4.69) is 10.6 Å². The van der Waals surface area contributed by atoms with Crippen molar-refractivity contribution in [2.24, 2.45) is 0 Å². The molecule has 0 atom stereocenters. The first kappa shape index (κ1) is 19.1. The number of nitrogens with one attached hydrogen (secondary N) is 2. The monoisotopic (exact) mass is 354 g/mol. The van der Waals surface area contributed by atoms with Crippen molar-refractivity contribution >= 4 is 23.6 Å². The smallest absolute Gasteiger partial charge is 0.251 e. The molecular formula is C20H22N2O4. The molecule has 0 aliphatic rings. The Morgan fingerprint density at radius 3 is 2.50 bits per heavy atom. The maximum Gasteiger partial charge on any atom is 0.251 e. The van der Waals surface area contributed by atoms with E-state index in [4.69, 9.17) is 9.47 Å². The van der Waals surface area contributed by atoms with Gasteiger partial charge in [0.25, 0.3) is 5.91 Å². The standard InChI is InChI=1S/C20H22N2O4/c1-4-21-20(24)15-6-5-7-16(13-15)22-19(23)11-9-14-8-10-17(25-2)18(12-14)26-3/h5-13H,4H2,1-3H3,(H,21,24)(H,22,23)/b11-9+. The van der Waals surface area contributed by atoms with Crippen LogP contribution < -0.4 is 20.1 Å². The minimum atomic E-state index is -0.298. The number of ether oxygens (including phenoxy) is 2. The number of carbonyl (C=O) groups is 2. The van der Waals surface area contributed by atoms with Gasteiger partial charge in [0.05, 0.1) is 14.2 Å². The van der Waals surface area contributed by atoms with Crippen LogP contribution in [0, 0.1) is 0 Å². The second kappa shape index (κ2) is 9.27. The van der Waals surface area contributed by atoms with Crippen LogP contribution in [0.25, 0.3) is 6.08 Å². The number of methoxy groups -OCH3 is 2. The van der Waals surface area contributed by atoms with Gasteiger partial charge in [-0.05, 0) is 48.9 Å². The van der Waals surface area contributed by atoms with Crippen LogP contribution in [0.1, 0.15) is 22.8 Å². The number of benzene rings is 2. The van der Waals surface area contributed by atoms with E-state index in [0.717, 1.165) is 5.56 Å². The molecule has 0 radical (unpaired) electrons. The first-order valence-corrected chi connectivity index (χ1v) is 8.16. The average Bonchev–Trinajstić information content (AvgIpc) is 2.66. The maximum absolute atomic E-state index is 12.1. The predicted molar refractivity (Wildman–Crippen MR) is 102 cm³/mol. The summed E-state index contributed by atoms with van der Waals surface area (Å²) < 4.78 is 10.4. The van der Waals surface area contributed by atoms with Crippen LogP contribution in [0.5, 0.6) is 11.5 Å². The highest BCUT2D eigenvalue weighted by Crippen LogP contribution is 2.27. The van der Waals surface area contributed by atoms with E-state index in [9.17, 15) is 9.59 Å². The molecule has 26 heavy (non-hydrogen) atoms. The SMILES string of the molecule is CCNC(=O)c1cccc(NC(=O)/C=C/c2ccc(OC)c(OC)c2)c1. The lowest BCUT2D eigenvalue weighted by Crippen LogP contribution is -2.22. The lowest BCUT2D eigenvalue weighted by atomic mass is 10.1. The highest BCUT2D eigenvalue weighted by molar-refractivity contribution is 6.03. The summed E-state index contributed by atoms with van der Waals surface area (Å²) in [7, 11) is 3.12. The Labute approximate surface area is 152 Å². The predicted octanol–water partition coefficient (Wildman–Crippen LogP) is 3.11. The Morgan fingerprint density at radius 1 is 1.04 bits per heavy atom. The van der Waals surface area contributed by atoms with Gasteiger partial charge in [-0.25, -0.2) is 0 Å². The van der Waals surface area contributed by atoms with Gasteiger partial charge in [-0.3, -0.25) is 9.59 Å². The van der Waals surface area contributed by atoms with Crippen molar-refractivity contribution in [3.63, 3.8) is 0 Å². The number of hydrogen-bond acceptors (Lipinski definition) is 4. The number of amides is 2. The molecular weight excluding hydrogens is 332 g/mol. The Morgan fingerprint density at radius 2 is 1.81 bits per heavy atom. The first-order chi connectivity index (χ1) is 12.6. The van der Waals surface area contributed by atoms with Gasteiger partial charge in [0.15, 0.2) is 11.5 Å². The molecule has 0 aromatic heterocycles. The van der Waals surface area contributed by atoms with Crippen LogP contribution >= 0.6 is 0 Å². The van der Waals surface area contributed by atoms with E-state index in [1.54, 1.807) is 56.7 Å². The van der Waals surface area contributed by atoms with Gasteiger partial charge in [0.2, 0.25) is 5.91 Å². The second-order valence-electron chi connectivity index (χ2n) is 5.38. The third-order valence-electron chi connectivity index (χ3n) is 3.56. The summed E-state index contributed by atoms with van der Waals surface area (Å²) in [4.78, 5) is 24.0. The van der Waals surface area contributed by atoms with Crippen LogP contribution in [0.15, 0.2) is 48.5 Å². The van der Waals surface area contributed by atoms with Gasteiger partial charge in [0.1, 0.15) is 0 Å². The van der Waals surface area contributed by atoms with Gasteiger partial charge in [-0.2, -0.15) is 0 Å². The summed E-state index contributed by atoms with van der Waals surface area (Å²) in [6, 6.07) is 12.1. The van der Waals surface area contributed by atoms with Crippen molar-refractivity contribution in [3.05, 3.63) is 59.7 Å². The van der Waals surface area contributed by atoms with Gasteiger partial charge in [0, 0.05) is 23.9 Å². The fourth-order valence-corrected chi connectivity index (χ4v) is 2.31. The normalized spacial score (nSPS) is 10.4. The fraction of sp³-hybridized carbons (Fsp3) is 0.200. The molecule has 136 valence electrons. The van der Waals surface area contributed by atoms with Crippen molar-refractivity contribution in [1.29, 1.82) is 0 Å². The molecule has 2 aromatic rings. The molecule has 0 unspecified atom stereocenters. The Kier molecular flexibility index (Phi) is 6.79. The largest absolute Gasteiger partial charge is 0.493 e. The third-order valence-corrected chi connectivity index (χ3v) is 3.56. The van der Waals surface area contributed by atoms with E-state index in [0.29, 0.717) is 29.3 Å². The number of rotatable bonds is 7. The van der Waals surface area contributed by atoms with E-state index < -0.39 is 0 Å². The van der Waals surface area contributed by atoms with Gasteiger partial charge in [-0.1, -0.05) is 12.1 Å². The zero-order valence-electron chi connectivity index (χ0n) is 15.0. The molecule has 0 fully saturated rings. The van der Waals surface area contributed by atoms with E-state index in [-0.39, 0.29) is 11.8 Å². The quantitative estimate of drug-likeness (QED) is 0.749. The Bertz CT molecular complexity index is 815. The van der Waals surface area contributed by atoms with Crippen molar-refractivity contribution in [2.45, 2.75) is 6.92 Å². The number of carbonyl (C=O) groups excluding carboxylic acids is 2. The lowest BCUT2D eigenvalue weighted by molar-refractivity contribution is -0.111. The minimum absolute atomic E-state index is 0.176. The zero-order chi connectivity index (χ0) is 18.9. The summed E-state index contributed by atoms with van der Waals surface area (Å²) in [5, 5.41) is 5.46. The summed E-state index contributed by atoms with van der Waals surface area (Å²) >= 11 is 0. The van der Waals surface area contributed by atoms with Gasteiger partial charge in [-0.15, -0.1) is 0 Å². The molecule has 2 N–H and O–H groups in total. The van der Waals surface area contributed by atoms with E-state index >= 15 is 0 Å². The molecule has 0 saturated heterocycles. The third kappa shape index (κ3) is 5.11. The Balaban J connectivity index is 2.05. The highest BCUT2D eigenvalue weighted by Gasteiger charge is 2.06. The molecule has 0 aliphatic carbocycles. The Hall–Kier alpha value is -3.28. The van der Waals surface area contributed by atoms with Crippen molar-refractivity contribution in [3.8, 4) is 11.5 Å². The van der Waals surface area contributed by atoms with E-state index in [1.807, 2.05) is 13.0 Å². The molecule has 0 aliphatic heterocycles. The van der Waals surface area contributed by atoms with Crippen molar-refractivity contribution in [2.75, 3.05) is 26.1 Å². The molecule has 0 spiro atoms. The van der Waals surface area contributed by atoms with Crippen molar-refractivity contribution < 1.29 is 19.1 Å². The molecule has 2 aromatic carbocycles. The van der Waals surface area contributed by atoms with Gasteiger partial charge >= 0.3 is 0 Å². The summed E-state index contributed by atoms with van der Waals surface area (Å²) in [6.07, 6.45) is 3.09. The minimum Gasteiger partial charge on any atom is -0.493 e. The topological polar surface area (TPSA) is 76.7 Å². The summed E-state index contributed by atoms with van der Waals surface area (Å²) in [5.74, 6) is 0.735. The van der Waals surface area contributed by atoms with Crippen LogP contribution in [0.2, 0.25) is 0 Å². The molecule has 0 bridgehead atoms.